The molecule has 0 saturated carbocycles. The van der Waals surface area contributed by atoms with E-state index in [1.54, 1.807) is 24.5 Å². The Hall–Kier alpha value is -4.30. The molecule has 2 aromatic carbocycles. The molecule has 0 atom stereocenters. The van der Waals surface area contributed by atoms with Gasteiger partial charge in [-0.2, -0.15) is 0 Å². The highest BCUT2D eigenvalue weighted by Crippen LogP contribution is 2.42. The molecule has 1 amide bonds. The van der Waals surface area contributed by atoms with Gasteiger partial charge in [-0.05, 0) is 30.2 Å². The van der Waals surface area contributed by atoms with Crippen LogP contribution in [0.15, 0.2) is 78.6 Å². The van der Waals surface area contributed by atoms with Crippen molar-refractivity contribution in [3.63, 3.8) is 0 Å². The summed E-state index contributed by atoms with van der Waals surface area (Å²) in [5.74, 6) is 0.220. The topological polar surface area (TPSA) is 98.7 Å². The Balaban J connectivity index is 1.65. The summed E-state index contributed by atoms with van der Waals surface area (Å²) in [7, 11) is 1.97. The number of hydrogen-bond donors (Lipinski definition) is 2. The highest BCUT2D eigenvalue weighted by molar-refractivity contribution is 7.13. The molecule has 5 aromatic rings. The number of nitrogens with zero attached hydrogens (tertiary/aromatic N) is 4. The molecule has 7 nitrogen and oxygen atoms in total. The van der Waals surface area contributed by atoms with Gasteiger partial charge in [-0.15, -0.1) is 11.3 Å². The summed E-state index contributed by atoms with van der Waals surface area (Å²) < 4.78 is 2.03. The van der Waals surface area contributed by atoms with Gasteiger partial charge in [0, 0.05) is 41.0 Å². The van der Waals surface area contributed by atoms with E-state index in [1.807, 2.05) is 41.3 Å². The smallest absolute Gasteiger partial charge is 0.250 e. The van der Waals surface area contributed by atoms with Gasteiger partial charge in [-0.1, -0.05) is 43.0 Å². The van der Waals surface area contributed by atoms with Crippen LogP contribution in [0.5, 0.6) is 0 Å². The third kappa shape index (κ3) is 3.74. The van der Waals surface area contributed by atoms with Crippen LogP contribution in [0.1, 0.15) is 6.92 Å². The first-order chi connectivity index (χ1) is 16.4. The van der Waals surface area contributed by atoms with Crippen LogP contribution in [-0.4, -0.2) is 25.4 Å². The summed E-state index contributed by atoms with van der Waals surface area (Å²) in [5, 5.41) is 6.59. The van der Waals surface area contributed by atoms with Crippen LogP contribution in [0.3, 0.4) is 0 Å². The number of nitrogens with one attached hydrogen (secondary N) is 1. The lowest BCUT2D eigenvalue weighted by Gasteiger charge is -2.11. The first-order valence-corrected chi connectivity index (χ1v) is 11.5. The molecule has 3 heterocycles. The first-order valence-electron chi connectivity index (χ1n) is 10.6. The van der Waals surface area contributed by atoms with Crippen molar-refractivity contribution in [1.82, 2.24) is 19.5 Å². The van der Waals surface area contributed by atoms with E-state index in [1.165, 1.54) is 6.33 Å². The second-order valence-corrected chi connectivity index (χ2v) is 8.86. The lowest BCUT2D eigenvalue weighted by Crippen LogP contribution is -2.11. The van der Waals surface area contributed by atoms with Gasteiger partial charge in [-0.25, -0.2) is 15.0 Å². The second kappa shape index (κ2) is 8.57. The van der Waals surface area contributed by atoms with Crippen molar-refractivity contribution in [2.24, 2.45) is 7.05 Å². The third-order valence-electron chi connectivity index (χ3n) is 5.65. The Kier molecular flexibility index (Phi) is 5.43. The number of aromatic nitrogens is 4. The van der Waals surface area contributed by atoms with Crippen molar-refractivity contribution in [3.05, 3.63) is 78.6 Å². The molecule has 0 radical (unpaired) electrons. The lowest BCUT2D eigenvalue weighted by molar-refractivity contribution is -0.112. The number of amides is 1. The number of thiazole rings is 1. The molecule has 0 aliphatic carbocycles. The highest BCUT2D eigenvalue weighted by atomic mass is 32.1. The summed E-state index contributed by atoms with van der Waals surface area (Å²) in [6.07, 6.45) is 3.28. The minimum Gasteiger partial charge on any atom is -0.383 e. The average Bonchev–Trinajstić information content (AvgIpc) is 3.47. The molecule has 0 unspecified atom stereocenters. The Morgan fingerprint density at radius 2 is 1.68 bits per heavy atom. The van der Waals surface area contributed by atoms with Crippen LogP contribution in [0.4, 0.5) is 11.5 Å². The maximum absolute atomic E-state index is 12.0. The molecule has 0 bridgehead atoms. The number of carbonyl (C=O) groups excluding carboxylic acids is 1. The summed E-state index contributed by atoms with van der Waals surface area (Å²) in [4.78, 5) is 25.1. The van der Waals surface area contributed by atoms with Crippen molar-refractivity contribution in [2.75, 3.05) is 11.1 Å². The average molecular weight is 467 g/mol. The molecule has 5 rings (SSSR count). The minimum atomic E-state index is -0.207. The van der Waals surface area contributed by atoms with Gasteiger partial charge in [0.1, 0.15) is 22.8 Å². The Morgan fingerprint density at radius 3 is 2.32 bits per heavy atom. The van der Waals surface area contributed by atoms with Crippen molar-refractivity contribution in [2.45, 2.75) is 6.92 Å². The van der Waals surface area contributed by atoms with Crippen molar-refractivity contribution < 1.29 is 4.79 Å². The van der Waals surface area contributed by atoms with E-state index >= 15 is 0 Å². The van der Waals surface area contributed by atoms with Crippen LogP contribution in [0, 0.1) is 0 Å². The zero-order valence-electron chi connectivity index (χ0n) is 18.7. The molecule has 3 N–H and O–H groups in total. The van der Waals surface area contributed by atoms with E-state index in [0.717, 1.165) is 44.0 Å². The number of nitrogens with two attached hydrogens (primary N) is 1. The molecular weight excluding hydrogens is 444 g/mol. The lowest BCUT2D eigenvalue weighted by atomic mass is 9.98. The molecule has 0 spiro atoms. The molecule has 168 valence electrons. The van der Waals surface area contributed by atoms with Gasteiger partial charge in [-0.3, -0.25) is 4.79 Å². The number of anilines is 2. The SMILES string of the molecule is C=C(C)C(=O)Nc1ccc(-c2c(-c3ccc(-c4nccs4)cc3)c3c(N)ncnc3n2C)cc1. The predicted octanol–water partition coefficient (Wildman–Crippen LogP) is 5.52. The molecule has 0 saturated heterocycles. The van der Waals surface area contributed by atoms with Gasteiger partial charge in [0.2, 0.25) is 0 Å². The minimum absolute atomic E-state index is 0.207. The number of rotatable bonds is 5. The van der Waals surface area contributed by atoms with Gasteiger partial charge in [0.05, 0.1) is 11.1 Å². The van der Waals surface area contributed by atoms with Crippen LogP contribution >= 0.6 is 11.3 Å². The monoisotopic (exact) mass is 466 g/mol. The zero-order valence-corrected chi connectivity index (χ0v) is 19.6. The van der Waals surface area contributed by atoms with Gasteiger partial charge >= 0.3 is 0 Å². The molecule has 0 aliphatic rings. The number of hydrogen-bond acceptors (Lipinski definition) is 6. The zero-order chi connectivity index (χ0) is 23.8. The van der Waals surface area contributed by atoms with Crippen molar-refractivity contribution >= 4 is 39.8 Å². The number of fused-ring (bicyclic) bond motifs is 1. The van der Waals surface area contributed by atoms with E-state index < -0.39 is 0 Å². The molecule has 0 fully saturated rings. The molecular formula is C26H22N6OS. The highest BCUT2D eigenvalue weighted by Gasteiger charge is 2.22. The number of aryl methyl sites for hydroxylation is 1. The fourth-order valence-electron chi connectivity index (χ4n) is 3.99. The fourth-order valence-corrected chi connectivity index (χ4v) is 4.63. The number of benzene rings is 2. The van der Waals surface area contributed by atoms with Gasteiger partial charge in [0.25, 0.3) is 5.91 Å². The van der Waals surface area contributed by atoms with Crippen LogP contribution in [0.2, 0.25) is 0 Å². The fraction of sp³-hybridized carbons (Fsp3) is 0.0769. The van der Waals surface area contributed by atoms with E-state index in [-0.39, 0.29) is 5.91 Å². The Morgan fingerprint density at radius 1 is 1.00 bits per heavy atom. The van der Waals surface area contributed by atoms with Gasteiger partial charge in [0.15, 0.2) is 0 Å². The van der Waals surface area contributed by atoms with Crippen molar-refractivity contribution in [3.8, 4) is 33.0 Å². The second-order valence-electron chi connectivity index (χ2n) is 7.97. The van der Waals surface area contributed by atoms with E-state index in [9.17, 15) is 4.79 Å². The number of carbonyl (C=O) groups is 1. The van der Waals surface area contributed by atoms with Crippen molar-refractivity contribution in [1.29, 1.82) is 0 Å². The molecule has 8 heteroatoms. The molecule has 0 aliphatic heterocycles. The normalized spacial score (nSPS) is 11.0. The third-order valence-corrected chi connectivity index (χ3v) is 6.48. The predicted molar refractivity (Wildman–Crippen MR) is 138 cm³/mol. The summed E-state index contributed by atoms with van der Waals surface area (Å²) >= 11 is 1.60. The summed E-state index contributed by atoms with van der Waals surface area (Å²) in [6.45, 7) is 5.36. The van der Waals surface area contributed by atoms with E-state index in [0.29, 0.717) is 17.1 Å². The first kappa shape index (κ1) is 21.5. The largest absolute Gasteiger partial charge is 0.383 e. The van der Waals surface area contributed by atoms with Crippen LogP contribution in [0.25, 0.3) is 44.0 Å². The summed E-state index contributed by atoms with van der Waals surface area (Å²) in [5.41, 5.74) is 13.2. The van der Waals surface area contributed by atoms with E-state index in [4.69, 9.17) is 5.73 Å². The van der Waals surface area contributed by atoms with Crippen LogP contribution in [-0.2, 0) is 11.8 Å². The van der Waals surface area contributed by atoms with Gasteiger partial charge < -0.3 is 15.6 Å². The number of nitrogen functional groups attached to an aromatic ring is 1. The maximum atomic E-state index is 12.0. The standard InChI is InChI=1S/C26H22N6OS/c1-15(2)25(33)31-19-10-8-17(9-11-19)22-20(21-23(27)29-14-30-24(21)32(22)3)16-4-6-18(7-5-16)26-28-12-13-34-26/h4-14H,1H2,2-3H3,(H,31,33)(H2,27,29,30). The van der Waals surface area contributed by atoms with Crippen LogP contribution < -0.4 is 11.1 Å². The Bertz CT molecular complexity index is 1520. The Labute approximate surface area is 200 Å². The summed E-state index contributed by atoms with van der Waals surface area (Å²) in [6, 6.07) is 16.0. The molecule has 34 heavy (non-hydrogen) atoms. The maximum Gasteiger partial charge on any atom is 0.250 e. The van der Waals surface area contributed by atoms with E-state index in [2.05, 4.69) is 51.1 Å². The molecule has 3 aromatic heterocycles. The quantitative estimate of drug-likeness (QED) is 0.332.